The van der Waals surface area contributed by atoms with Crippen LogP contribution in [0, 0.1) is 0 Å². The quantitative estimate of drug-likeness (QED) is 0.499. The van der Waals surface area contributed by atoms with Crippen LogP contribution in [0.4, 0.5) is 4.79 Å². The van der Waals surface area contributed by atoms with E-state index < -0.39 is 0 Å². The Bertz CT molecular complexity index is 192. The lowest BCUT2D eigenvalue weighted by molar-refractivity contribution is -0.118. The van der Waals surface area contributed by atoms with Crippen LogP contribution in [0.3, 0.4) is 0 Å². The van der Waals surface area contributed by atoms with Crippen LogP contribution < -0.4 is 11.1 Å². The maximum absolute atomic E-state index is 10.9. The zero-order valence-corrected chi connectivity index (χ0v) is 6.33. The number of carbonyl (C=O) groups excluding carboxylic acids is 2. The summed E-state index contributed by atoms with van der Waals surface area (Å²) in [5.74, 6) is -0.254. The molecule has 1 heterocycles. The van der Waals surface area contributed by atoms with Crippen LogP contribution in [-0.4, -0.2) is 36.0 Å². The van der Waals surface area contributed by atoms with Crippen molar-refractivity contribution >= 4 is 11.9 Å². The Labute approximate surface area is 64.5 Å². The Kier molecular flexibility index (Phi) is 2.09. The highest BCUT2D eigenvalue weighted by molar-refractivity contribution is 6.02. The number of imide groups is 1. The zero-order chi connectivity index (χ0) is 8.43. The highest BCUT2D eigenvalue weighted by atomic mass is 16.2. The summed E-state index contributed by atoms with van der Waals surface area (Å²) in [6, 6.07) is -0.408. The second-order valence-corrected chi connectivity index (χ2v) is 2.57. The van der Waals surface area contributed by atoms with E-state index in [4.69, 9.17) is 5.73 Å². The Hall–Kier alpha value is -1.10. The van der Waals surface area contributed by atoms with E-state index in [2.05, 4.69) is 5.32 Å². The van der Waals surface area contributed by atoms with Gasteiger partial charge in [-0.05, 0) is 6.92 Å². The fourth-order valence-electron chi connectivity index (χ4n) is 0.940. The van der Waals surface area contributed by atoms with Crippen molar-refractivity contribution in [2.24, 2.45) is 5.73 Å². The van der Waals surface area contributed by atoms with Gasteiger partial charge in [-0.25, -0.2) is 4.79 Å². The van der Waals surface area contributed by atoms with Gasteiger partial charge in [0.2, 0.25) is 5.91 Å². The number of urea groups is 1. The molecule has 3 amide bonds. The van der Waals surface area contributed by atoms with Gasteiger partial charge in [-0.3, -0.25) is 10.1 Å². The van der Waals surface area contributed by atoms with Crippen LogP contribution in [0.2, 0.25) is 0 Å². The fourth-order valence-corrected chi connectivity index (χ4v) is 0.940. The van der Waals surface area contributed by atoms with Gasteiger partial charge in [-0.1, -0.05) is 0 Å². The topological polar surface area (TPSA) is 75.4 Å². The number of hydrogen-bond donors (Lipinski definition) is 2. The third kappa shape index (κ3) is 1.48. The fraction of sp³-hybridized carbons (Fsp3) is 0.667. The number of carbonyl (C=O) groups is 2. The molecule has 0 aliphatic carbocycles. The van der Waals surface area contributed by atoms with Gasteiger partial charge < -0.3 is 10.6 Å². The van der Waals surface area contributed by atoms with Crippen molar-refractivity contribution in [3.63, 3.8) is 0 Å². The SMILES string of the molecule is CC(CN)N1CC(=O)NC1=O. The van der Waals surface area contributed by atoms with Crippen LogP contribution in [0.1, 0.15) is 6.92 Å². The van der Waals surface area contributed by atoms with Crippen molar-refractivity contribution in [2.75, 3.05) is 13.1 Å². The predicted octanol–water partition coefficient (Wildman–Crippen LogP) is -1.11. The smallest absolute Gasteiger partial charge is 0.324 e. The minimum atomic E-state index is -0.340. The minimum Gasteiger partial charge on any atom is -0.328 e. The van der Waals surface area contributed by atoms with Gasteiger partial charge in [0.15, 0.2) is 0 Å². The third-order valence-corrected chi connectivity index (χ3v) is 1.69. The molecule has 11 heavy (non-hydrogen) atoms. The summed E-state index contributed by atoms with van der Waals surface area (Å²) in [6.07, 6.45) is 0. The van der Waals surface area contributed by atoms with Crippen molar-refractivity contribution in [2.45, 2.75) is 13.0 Å². The summed E-state index contributed by atoms with van der Waals surface area (Å²) in [6.45, 7) is 2.32. The van der Waals surface area contributed by atoms with E-state index in [1.807, 2.05) is 0 Å². The van der Waals surface area contributed by atoms with Gasteiger partial charge >= 0.3 is 6.03 Å². The lowest BCUT2D eigenvalue weighted by Gasteiger charge is -2.19. The maximum Gasteiger partial charge on any atom is 0.324 e. The van der Waals surface area contributed by atoms with Gasteiger partial charge in [0.1, 0.15) is 6.54 Å². The van der Waals surface area contributed by atoms with Crippen molar-refractivity contribution in [1.29, 1.82) is 0 Å². The molecule has 1 rings (SSSR count). The zero-order valence-electron chi connectivity index (χ0n) is 6.33. The molecule has 0 aromatic heterocycles. The van der Waals surface area contributed by atoms with Gasteiger partial charge in [0.05, 0.1) is 0 Å². The number of nitrogens with two attached hydrogens (primary N) is 1. The molecule has 1 aliphatic rings. The molecule has 0 spiro atoms. The summed E-state index contributed by atoms with van der Waals surface area (Å²) in [4.78, 5) is 23.0. The summed E-state index contributed by atoms with van der Waals surface area (Å²) in [7, 11) is 0. The summed E-state index contributed by atoms with van der Waals surface area (Å²) in [5, 5.41) is 2.17. The van der Waals surface area contributed by atoms with Crippen LogP contribution in [0.25, 0.3) is 0 Å². The Morgan fingerprint density at radius 1 is 1.73 bits per heavy atom. The first-order valence-corrected chi connectivity index (χ1v) is 3.45. The molecule has 0 bridgehead atoms. The minimum absolute atomic E-state index is 0.0681. The number of amides is 3. The molecule has 62 valence electrons. The second kappa shape index (κ2) is 2.87. The Morgan fingerprint density at radius 3 is 2.73 bits per heavy atom. The molecule has 5 nitrogen and oxygen atoms in total. The lowest BCUT2D eigenvalue weighted by Crippen LogP contribution is -2.40. The lowest BCUT2D eigenvalue weighted by atomic mass is 10.3. The monoisotopic (exact) mass is 157 g/mol. The molecule has 5 heteroatoms. The van der Waals surface area contributed by atoms with E-state index in [-0.39, 0.29) is 24.5 Å². The molecule has 3 N–H and O–H groups in total. The number of nitrogens with one attached hydrogen (secondary N) is 1. The van der Waals surface area contributed by atoms with Crippen molar-refractivity contribution < 1.29 is 9.59 Å². The first-order chi connectivity index (χ1) is 5.15. The molecule has 1 fully saturated rings. The molecule has 0 radical (unpaired) electrons. The predicted molar refractivity (Wildman–Crippen MR) is 38.8 cm³/mol. The maximum atomic E-state index is 10.9. The van der Waals surface area contributed by atoms with E-state index in [9.17, 15) is 9.59 Å². The van der Waals surface area contributed by atoms with E-state index in [0.29, 0.717) is 6.54 Å². The van der Waals surface area contributed by atoms with E-state index in [1.165, 1.54) is 4.90 Å². The van der Waals surface area contributed by atoms with E-state index >= 15 is 0 Å². The number of nitrogens with zero attached hydrogens (tertiary/aromatic N) is 1. The van der Waals surface area contributed by atoms with Crippen molar-refractivity contribution in [1.82, 2.24) is 10.2 Å². The second-order valence-electron chi connectivity index (χ2n) is 2.57. The molecule has 0 aromatic carbocycles. The number of hydrogen-bond acceptors (Lipinski definition) is 3. The highest BCUT2D eigenvalue weighted by Crippen LogP contribution is 2.02. The molecule has 1 atom stereocenters. The first-order valence-electron chi connectivity index (χ1n) is 3.45. The molecule has 1 aliphatic heterocycles. The summed E-state index contributed by atoms with van der Waals surface area (Å²) >= 11 is 0. The number of rotatable bonds is 2. The van der Waals surface area contributed by atoms with Crippen LogP contribution >= 0.6 is 0 Å². The molecule has 0 saturated carbocycles. The largest absolute Gasteiger partial charge is 0.328 e. The highest BCUT2D eigenvalue weighted by Gasteiger charge is 2.29. The summed E-state index contributed by atoms with van der Waals surface area (Å²) in [5.41, 5.74) is 5.33. The van der Waals surface area contributed by atoms with E-state index in [1.54, 1.807) is 6.92 Å². The Morgan fingerprint density at radius 2 is 2.36 bits per heavy atom. The molecule has 1 unspecified atom stereocenters. The van der Waals surface area contributed by atoms with Crippen molar-refractivity contribution in [3.8, 4) is 0 Å². The normalized spacial score (nSPS) is 20.4. The van der Waals surface area contributed by atoms with Gasteiger partial charge in [-0.2, -0.15) is 0 Å². The first kappa shape index (κ1) is 8.00. The summed E-state index contributed by atoms with van der Waals surface area (Å²) < 4.78 is 0. The Balaban J connectivity index is 2.59. The van der Waals surface area contributed by atoms with Gasteiger partial charge in [0.25, 0.3) is 0 Å². The van der Waals surface area contributed by atoms with E-state index in [0.717, 1.165) is 0 Å². The third-order valence-electron chi connectivity index (χ3n) is 1.69. The van der Waals surface area contributed by atoms with Crippen LogP contribution in [-0.2, 0) is 4.79 Å². The molecular weight excluding hydrogens is 146 g/mol. The van der Waals surface area contributed by atoms with Gasteiger partial charge in [0, 0.05) is 12.6 Å². The van der Waals surface area contributed by atoms with Crippen LogP contribution in [0.5, 0.6) is 0 Å². The molecule has 1 saturated heterocycles. The van der Waals surface area contributed by atoms with Crippen molar-refractivity contribution in [3.05, 3.63) is 0 Å². The molecular formula is C6H11N3O2. The standard InChI is InChI=1S/C6H11N3O2/c1-4(2-7)9-3-5(10)8-6(9)11/h4H,2-3,7H2,1H3,(H,8,10,11). The van der Waals surface area contributed by atoms with Crippen LogP contribution in [0.15, 0.2) is 0 Å². The molecule has 0 aromatic rings. The average Bonchev–Trinajstić information content (AvgIpc) is 2.28. The average molecular weight is 157 g/mol. The van der Waals surface area contributed by atoms with Gasteiger partial charge in [-0.15, -0.1) is 0 Å².